The van der Waals surface area contributed by atoms with E-state index in [1.54, 1.807) is 30.5 Å². The van der Waals surface area contributed by atoms with Crippen LogP contribution in [0.3, 0.4) is 0 Å². The fourth-order valence-corrected chi connectivity index (χ4v) is 4.67. The van der Waals surface area contributed by atoms with E-state index in [1.807, 2.05) is 0 Å². The average molecular weight is 388 g/mol. The zero-order chi connectivity index (χ0) is 19.0. The summed E-state index contributed by atoms with van der Waals surface area (Å²) in [6.45, 7) is 0. The molecule has 1 fully saturated rings. The fourth-order valence-electron chi connectivity index (χ4n) is 3.35. The van der Waals surface area contributed by atoms with Crippen molar-refractivity contribution in [2.45, 2.75) is 29.9 Å². The van der Waals surface area contributed by atoms with Crippen LogP contribution in [0.1, 0.15) is 24.4 Å². The summed E-state index contributed by atoms with van der Waals surface area (Å²) in [6, 6.07) is 7.77. The van der Waals surface area contributed by atoms with Gasteiger partial charge in [-0.3, -0.25) is 0 Å². The molecule has 2 heterocycles. The molecule has 0 saturated heterocycles. The minimum absolute atomic E-state index is 0.000792. The first kappa shape index (κ1) is 17.9. The molecule has 1 aliphatic carbocycles. The number of nitrogens with one attached hydrogen (secondary N) is 2. The molecule has 0 bridgehead atoms. The van der Waals surface area contributed by atoms with Crippen LogP contribution in [0.25, 0.3) is 11.0 Å². The molecule has 1 aliphatic rings. The van der Waals surface area contributed by atoms with Gasteiger partial charge in [0, 0.05) is 12.3 Å². The Hall–Kier alpha value is -2.49. The summed E-state index contributed by atoms with van der Waals surface area (Å²) in [5.41, 5.74) is 2.09. The Morgan fingerprint density at radius 3 is 2.74 bits per heavy atom. The average Bonchev–Trinajstić information content (AvgIpc) is 3.12. The molecule has 1 saturated carbocycles. The Labute approximate surface area is 156 Å². The van der Waals surface area contributed by atoms with Crippen molar-refractivity contribution in [2.24, 2.45) is 5.92 Å². The molecule has 3 N–H and O–H groups in total. The summed E-state index contributed by atoms with van der Waals surface area (Å²) < 4.78 is 33.8. The number of H-pyrrole nitrogens is 1. The van der Waals surface area contributed by atoms with Crippen molar-refractivity contribution in [1.29, 1.82) is 0 Å². The smallest absolute Gasteiger partial charge is 0.241 e. The lowest BCUT2D eigenvalue weighted by atomic mass is 9.76. The number of sulfonamides is 1. The summed E-state index contributed by atoms with van der Waals surface area (Å²) in [4.78, 5) is 11.4. The highest BCUT2D eigenvalue weighted by Gasteiger charge is 2.37. The molecule has 0 unspecified atom stereocenters. The van der Waals surface area contributed by atoms with Gasteiger partial charge in [-0.2, -0.15) is 0 Å². The normalized spacial score (nSPS) is 21.0. The van der Waals surface area contributed by atoms with Crippen LogP contribution >= 0.6 is 0 Å². The number of nitrogens with zero attached hydrogens (tertiary/aromatic N) is 2. The highest BCUT2D eigenvalue weighted by molar-refractivity contribution is 7.89. The van der Waals surface area contributed by atoms with Crippen molar-refractivity contribution in [2.75, 3.05) is 7.11 Å². The number of benzene rings is 1. The molecule has 2 aromatic heterocycles. The number of aromatic nitrogens is 3. The van der Waals surface area contributed by atoms with Gasteiger partial charge in [-0.15, -0.1) is 0 Å². The molecule has 1 aromatic carbocycles. The summed E-state index contributed by atoms with van der Waals surface area (Å²) in [5.74, 6) is 0.458. The second kappa shape index (κ2) is 6.91. The van der Waals surface area contributed by atoms with Gasteiger partial charge in [-0.1, -0.05) is 6.07 Å². The third-order valence-electron chi connectivity index (χ3n) is 4.93. The Bertz CT molecular complexity index is 1040. The van der Waals surface area contributed by atoms with Crippen LogP contribution in [-0.2, 0) is 10.0 Å². The van der Waals surface area contributed by atoms with Crippen LogP contribution in [0.4, 0.5) is 0 Å². The number of aliphatic hydroxyl groups excluding tert-OH is 1. The van der Waals surface area contributed by atoms with Crippen molar-refractivity contribution < 1.29 is 18.3 Å². The molecule has 0 spiro atoms. The van der Waals surface area contributed by atoms with E-state index in [1.165, 1.54) is 19.5 Å². The van der Waals surface area contributed by atoms with Crippen LogP contribution in [0.15, 0.2) is 47.8 Å². The third-order valence-corrected chi connectivity index (χ3v) is 6.37. The number of aromatic amines is 1. The maximum absolute atomic E-state index is 13.0. The van der Waals surface area contributed by atoms with E-state index in [4.69, 9.17) is 4.74 Å². The molecule has 0 radical (unpaired) electrons. The summed E-state index contributed by atoms with van der Waals surface area (Å²) in [7, 11) is -2.25. The number of hydrogen-bond acceptors (Lipinski definition) is 6. The number of methoxy groups -OCH3 is 1. The number of pyridine rings is 1. The van der Waals surface area contributed by atoms with Crippen LogP contribution in [-0.4, -0.2) is 41.7 Å². The summed E-state index contributed by atoms with van der Waals surface area (Å²) in [5, 5.41) is 9.68. The summed E-state index contributed by atoms with van der Waals surface area (Å²) in [6.07, 6.45) is 3.82. The van der Waals surface area contributed by atoms with E-state index in [9.17, 15) is 13.5 Å². The summed E-state index contributed by atoms with van der Waals surface area (Å²) >= 11 is 0. The fraction of sp³-hybridized carbons (Fsp3) is 0.333. The molecule has 8 nitrogen and oxygen atoms in total. The second-order valence-electron chi connectivity index (χ2n) is 6.70. The predicted octanol–water partition coefficient (Wildman–Crippen LogP) is 1.76. The Balaban J connectivity index is 1.65. The topological polar surface area (TPSA) is 117 Å². The third kappa shape index (κ3) is 3.53. The minimum atomic E-state index is -3.77. The first-order chi connectivity index (χ1) is 13.0. The Morgan fingerprint density at radius 2 is 2.07 bits per heavy atom. The first-order valence-electron chi connectivity index (χ1n) is 8.60. The molecule has 3 aromatic rings. The van der Waals surface area contributed by atoms with Gasteiger partial charge in [0.1, 0.15) is 0 Å². The zero-order valence-electron chi connectivity index (χ0n) is 14.7. The number of fused-ring (bicyclic) bond motifs is 1. The Morgan fingerprint density at radius 1 is 1.26 bits per heavy atom. The minimum Gasteiger partial charge on any atom is -0.481 e. The predicted molar refractivity (Wildman–Crippen MR) is 98.7 cm³/mol. The largest absolute Gasteiger partial charge is 0.481 e. The van der Waals surface area contributed by atoms with Gasteiger partial charge in [-0.05, 0) is 42.5 Å². The number of rotatable bonds is 6. The maximum Gasteiger partial charge on any atom is 0.241 e. The van der Waals surface area contributed by atoms with Crippen molar-refractivity contribution in [3.63, 3.8) is 0 Å². The maximum atomic E-state index is 13.0. The van der Waals surface area contributed by atoms with Gasteiger partial charge >= 0.3 is 0 Å². The molecule has 27 heavy (non-hydrogen) atoms. The monoisotopic (exact) mass is 388 g/mol. The van der Waals surface area contributed by atoms with Crippen molar-refractivity contribution in [3.8, 4) is 5.88 Å². The quantitative estimate of drug-likeness (QED) is 0.592. The van der Waals surface area contributed by atoms with Crippen LogP contribution in [0.2, 0.25) is 0 Å². The molecule has 0 aliphatic heterocycles. The van der Waals surface area contributed by atoms with Gasteiger partial charge in [0.05, 0.1) is 41.5 Å². The van der Waals surface area contributed by atoms with Crippen molar-refractivity contribution in [3.05, 3.63) is 48.4 Å². The van der Waals surface area contributed by atoms with Gasteiger partial charge in [0.2, 0.25) is 15.9 Å². The molecular formula is C18H20N4O4S. The van der Waals surface area contributed by atoms with E-state index < -0.39 is 22.2 Å². The molecule has 0 amide bonds. The van der Waals surface area contributed by atoms with Crippen LogP contribution in [0.5, 0.6) is 5.88 Å². The Kier molecular flexibility index (Phi) is 4.58. The zero-order valence-corrected chi connectivity index (χ0v) is 15.5. The van der Waals surface area contributed by atoms with E-state index in [2.05, 4.69) is 19.7 Å². The lowest BCUT2D eigenvalue weighted by Crippen LogP contribution is -2.41. The SMILES string of the molecule is COc1ccc([C@H](NS(=O)(=O)c2ccc3nc[nH]c3c2)C2CC(O)C2)cn1. The standard InChI is InChI=1S/C18H20N4O4S/c1-26-17-5-2-11(9-19-17)18(12-6-13(23)7-12)22-27(24,25)14-3-4-15-16(8-14)21-10-20-15/h2-5,8-10,12-13,18,22-23H,6-7H2,1H3,(H,20,21)/t12?,13?,18-/m0/s1. The van der Waals surface area contributed by atoms with E-state index in [0.29, 0.717) is 29.8 Å². The molecule has 9 heteroatoms. The van der Waals surface area contributed by atoms with Crippen LogP contribution < -0.4 is 9.46 Å². The molecular weight excluding hydrogens is 368 g/mol. The highest BCUT2D eigenvalue weighted by atomic mass is 32.2. The van der Waals surface area contributed by atoms with Crippen molar-refractivity contribution >= 4 is 21.1 Å². The second-order valence-corrected chi connectivity index (χ2v) is 8.41. The number of ether oxygens (including phenoxy) is 1. The molecule has 1 atom stereocenters. The number of imidazole rings is 1. The van der Waals surface area contributed by atoms with Gasteiger partial charge in [0.25, 0.3) is 0 Å². The lowest BCUT2D eigenvalue weighted by molar-refractivity contribution is 0.0279. The first-order valence-corrected chi connectivity index (χ1v) is 10.1. The van der Waals surface area contributed by atoms with Crippen molar-refractivity contribution in [1.82, 2.24) is 19.7 Å². The molecule has 142 valence electrons. The lowest BCUT2D eigenvalue weighted by Gasteiger charge is -2.38. The van der Waals surface area contributed by atoms with E-state index in [-0.39, 0.29) is 10.8 Å². The number of aliphatic hydroxyl groups is 1. The van der Waals surface area contributed by atoms with Gasteiger partial charge < -0.3 is 14.8 Å². The number of hydrogen-bond donors (Lipinski definition) is 3. The van der Waals surface area contributed by atoms with E-state index >= 15 is 0 Å². The van der Waals surface area contributed by atoms with E-state index in [0.717, 1.165) is 5.56 Å². The molecule has 4 rings (SSSR count). The van der Waals surface area contributed by atoms with Gasteiger partial charge in [0.15, 0.2) is 0 Å². The van der Waals surface area contributed by atoms with Gasteiger partial charge in [-0.25, -0.2) is 23.1 Å². The van der Waals surface area contributed by atoms with Crippen LogP contribution in [0, 0.1) is 5.92 Å². The highest BCUT2D eigenvalue weighted by Crippen LogP contribution is 2.39.